The molecule has 132 valence electrons. The molecule has 0 N–H and O–H groups in total. The Morgan fingerprint density at radius 2 is 1.81 bits per heavy atom. The second-order valence-corrected chi connectivity index (χ2v) is 13.5. The molecule has 2 aromatic rings. The minimum absolute atomic E-state index is 0.120. The molecule has 4 rings (SSSR count). The van der Waals surface area contributed by atoms with Crippen LogP contribution >= 0.6 is 0 Å². The molecule has 0 heterocycles. The Hall–Kier alpha value is -1.15. The zero-order valence-corrected chi connectivity index (χ0v) is 18.8. The summed E-state index contributed by atoms with van der Waals surface area (Å²) in [6, 6.07) is 18.1. The first kappa shape index (κ1) is 21.2. The maximum atomic E-state index is 3.30. The van der Waals surface area contributed by atoms with Crippen LogP contribution in [-0.4, -0.2) is 6.19 Å². The number of fused-ring (bicyclic) bond motifs is 3. The molecule has 2 aromatic carbocycles. The zero-order chi connectivity index (χ0) is 18.8. The summed E-state index contributed by atoms with van der Waals surface area (Å²) in [6.45, 7) is 6.76. The van der Waals surface area contributed by atoms with Crippen LogP contribution in [0.3, 0.4) is 0 Å². The average Bonchev–Trinajstić information content (AvgIpc) is 3.27. The van der Waals surface area contributed by atoms with E-state index in [2.05, 4.69) is 99.9 Å². The molecule has 2 aliphatic carbocycles. The Bertz CT molecular complexity index is 739. The van der Waals surface area contributed by atoms with Crippen molar-refractivity contribution in [2.24, 2.45) is 0 Å². The summed E-state index contributed by atoms with van der Waals surface area (Å²) in [5, 5.41) is 0. The van der Waals surface area contributed by atoms with Gasteiger partial charge in [0.15, 0.2) is 0 Å². The van der Waals surface area contributed by atoms with E-state index in [-0.39, 0.29) is 6.19 Å². The molecule has 2 aliphatic rings. The summed E-state index contributed by atoms with van der Waals surface area (Å²) < 4.78 is 0. The van der Waals surface area contributed by atoms with Crippen molar-refractivity contribution in [3.63, 3.8) is 0 Å². The molecule has 0 radical (unpaired) electrons. The Labute approximate surface area is 171 Å². The van der Waals surface area contributed by atoms with Crippen molar-refractivity contribution >= 4 is 6.19 Å². The molecule has 0 unspecified atom stereocenters. The van der Waals surface area contributed by atoms with Crippen LogP contribution in [0.25, 0.3) is 11.1 Å². The topological polar surface area (TPSA) is 0 Å². The zero-order valence-electron chi connectivity index (χ0n) is 16.2. The van der Waals surface area contributed by atoms with E-state index in [1.54, 1.807) is 0 Å². The van der Waals surface area contributed by atoms with Crippen LogP contribution in [0, 0.1) is 12.1 Å². The fourth-order valence-corrected chi connectivity index (χ4v) is 2.99. The van der Waals surface area contributed by atoms with Gasteiger partial charge in [-0.1, -0.05) is 61.6 Å². The fourth-order valence-electron chi connectivity index (χ4n) is 2.99. The van der Waals surface area contributed by atoms with Gasteiger partial charge in [0.25, 0.3) is 0 Å². The van der Waals surface area contributed by atoms with Gasteiger partial charge in [0.05, 0.1) is 0 Å². The summed E-state index contributed by atoms with van der Waals surface area (Å²) in [5.74, 6) is 0. The molecule has 0 fully saturated rings. The van der Waals surface area contributed by atoms with Crippen LogP contribution in [0.5, 0.6) is 0 Å². The van der Waals surface area contributed by atoms with E-state index in [4.69, 9.17) is 0 Å². The third-order valence-corrected chi connectivity index (χ3v) is 4.18. The van der Waals surface area contributed by atoms with Crippen LogP contribution in [0.4, 0.5) is 0 Å². The van der Waals surface area contributed by atoms with Crippen molar-refractivity contribution in [2.45, 2.75) is 52.1 Å². The Balaban J connectivity index is 0.000000164. The van der Waals surface area contributed by atoms with Gasteiger partial charge in [-0.15, -0.1) is 12.0 Å². The van der Waals surface area contributed by atoms with E-state index in [1.165, 1.54) is 47.1 Å². The van der Waals surface area contributed by atoms with Crippen LogP contribution in [0.1, 0.15) is 43.7 Å². The first-order valence-corrected chi connectivity index (χ1v) is 14.3. The molecule has 0 nitrogen and oxygen atoms in total. The second kappa shape index (κ2) is 11.5. The second-order valence-electron chi connectivity index (χ2n) is 6.81. The standard InChI is InChI=1S/C13H9.C9H13.C2H6Si.Ti/c1-3-7-12-10(5-1)9-11-6-2-4-8-13(11)12;1-2-3-6-9-7-4-5-8-9;1-3-2;/h1-5,7-8H,9H2;4,7H,2-3,5-6H2,1H3;1-2H3;/q2*-1;;+2. The van der Waals surface area contributed by atoms with E-state index in [0.29, 0.717) is 0 Å². The summed E-state index contributed by atoms with van der Waals surface area (Å²) in [6.07, 6.45) is 13.7. The molecule has 0 saturated heterocycles. The average molecular weight is 392 g/mol. The predicted molar refractivity (Wildman–Crippen MR) is 111 cm³/mol. The monoisotopic (exact) mass is 392 g/mol. The summed E-state index contributed by atoms with van der Waals surface area (Å²) in [5.41, 5.74) is 6.92. The molecular weight excluding hydrogens is 364 g/mol. The van der Waals surface area contributed by atoms with E-state index in [9.17, 15) is 0 Å². The number of rotatable bonds is 3. The van der Waals surface area contributed by atoms with Crippen molar-refractivity contribution in [1.29, 1.82) is 0 Å². The van der Waals surface area contributed by atoms with Gasteiger partial charge in [-0.2, -0.15) is 35.9 Å². The summed E-state index contributed by atoms with van der Waals surface area (Å²) in [7, 11) is 0. The van der Waals surface area contributed by atoms with Gasteiger partial charge in [0.1, 0.15) is 0 Å². The van der Waals surface area contributed by atoms with Crippen LogP contribution in [0.15, 0.2) is 60.2 Å². The number of benzene rings is 2. The van der Waals surface area contributed by atoms with Crippen molar-refractivity contribution in [2.75, 3.05) is 0 Å². The minimum atomic E-state index is 0.120. The van der Waals surface area contributed by atoms with Crippen molar-refractivity contribution in [1.82, 2.24) is 0 Å². The Morgan fingerprint density at radius 3 is 2.50 bits per heavy atom. The normalized spacial score (nSPS) is 12.9. The van der Waals surface area contributed by atoms with Crippen LogP contribution in [0.2, 0.25) is 13.1 Å². The van der Waals surface area contributed by atoms with Gasteiger partial charge in [-0.3, -0.25) is 6.08 Å². The fraction of sp³-hybridized carbons (Fsp3) is 0.333. The first-order valence-electron chi connectivity index (χ1n) is 9.47. The van der Waals surface area contributed by atoms with E-state index < -0.39 is 0 Å². The van der Waals surface area contributed by atoms with Gasteiger partial charge in [0, 0.05) is 0 Å². The largest absolute Gasteiger partial charge is 0.179 e. The van der Waals surface area contributed by atoms with Crippen molar-refractivity contribution < 1.29 is 19.2 Å². The van der Waals surface area contributed by atoms with Crippen molar-refractivity contribution in [3.8, 4) is 11.1 Å². The van der Waals surface area contributed by atoms with E-state index in [1.807, 2.05) is 6.07 Å². The number of unbranched alkanes of at least 4 members (excludes halogenated alkanes) is 1. The molecule has 0 amide bonds. The van der Waals surface area contributed by atoms with Gasteiger partial charge >= 0.3 is 38.5 Å². The molecule has 0 atom stereocenters. The van der Waals surface area contributed by atoms with E-state index >= 15 is 0 Å². The third-order valence-electron chi connectivity index (χ3n) is 4.18. The molecule has 2 heteroatoms. The summed E-state index contributed by atoms with van der Waals surface area (Å²) >= 11 is 2.27. The number of hydrogen-bond donors (Lipinski definition) is 0. The quantitative estimate of drug-likeness (QED) is 0.343. The van der Waals surface area contributed by atoms with Gasteiger partial charge in [-0.05, 0) is 6.42 Å². The van der Waals surface area contributed by atoms with Crippen LogP contribution < -0.4 is 0 Å². The van der Waals surface area contributed by atoms with Gasteiger partial charge < -0.3 is 0 Å². The first-order chi connectivity index (χ1) is 12.6. The maximum absolute atomic E-state index is 3.30. The molecule has 26 heavy (non-hydrogen) atoms. The Morgan fingerprint density at radius 1 is 1.08 bits per heavy atom. The molecule has 0 bridgehead atoms. The smallest absolute Gasteiger partial charge is 0.0253 e. The predicted octanol–water partition coefficient (Wildman–Crippen LogP) is 6.71. The maximum Gasteiger partial charge on any atom is -0.0253 e. The number of allylic oxidation sites excluding steroid dienone is 4. The molecule has 0 aliphatic heterocycles. The van der Waals surface area contributed by atoms with Gasteiger partial charge in [0.2, 0.25) is 0 Å². The molecule has 0 aromatic heterocycles. The summed E-state index contributed by atoms with van der Waals surface area (Å²) in [4.78, 5) is 0. The molecular formula is C24H28SiTi. The molecule has 0 saturated carbocycles. The van der Waals surface area contributed by atoms with Gasteiger partial charge in [-0.25, -0.2) is 11.6 Å². The van der Waals surface area contributed by atoms with Crippen LogP contribution in [-0.2, 0) is 25.6 Å². The SMILES string of the molecule is CCCCC1=[C-]CC=C1.C[Si](C)=[Ti+2].[c-]1cccc2c1Cc1ccccc1-2. The molecule has 0 spiro atoms. The Kier molecular flexibility index (Phi) is 9.39. The number of hydrogen-bond acceptors (Lipinski definition) is 0. The third kappa shape index (κ3) is 6.87. The van der Waals surface area contributed by atoms with E-state index in [0.717, 1.165) is 12.8 Å². The van der Waals surface area contributed by atoms with Crippen molar-refractivity contribution in [3.05, 3.63) is 83.5 Å². The minimum Gasteiger partial charge on any atom is -0.179 e.